The van der Waals surface area contributed by atoms with Gasteiger partial charge in [0.15, 0.2) is 0 Å². The van der Waals surface area contributed by atoms with Crippen molar-refractivity contribution in [3.63, 3.8) is 0 Å². The van der Waals surface area contributed by atoms with E-state index < -0.39 is 54.5 Å². The lowest BCUT2D eigenvalue weighted by Crippen LogP contribution is -2.58. The number of aromatic amines is 2. The number of carboxylic acids is 1. The van der Waals surface area contributed by atoms with E-state index >= 15 is 0 Å². The van der Waals surface area contributed by atoms with Gasteiger partial charge >= 0.3 is 5.97 Å². The summed E-state index contributed by atoms with van der Waals surface area (Å²) in [6.45, 7) is -0.854. The summed E-state index contributed by atoms with van der Waals surface area (Å²) in [6, 6.07) is 16.0. The predicted octanol–water partition coefficient (Wildman–Crippen LogP) is 1.24. The van der Waals surface area contributed by atoms with Gasteiger partial charge in [0.05, 0.1) is 12.6 Å². The van der Waals surface area contributed by atoms with E-state index in [1.807, 2.05) is 48.5 Å². The van der Waals surface area contributed by atoms with Crippen molar-refractivity contribution in [1.29, 1.82) is 0 Å². The second-order valence-electron chi connectivity index (χ2n) is 11.3. The molecule has 5 aromatic rings. The molecule has 0 spiro atoms. The number of phenolic OH excluding ortho intramolecular Hbond substituents is 1. The van der Waals surface area contributed by atoms with Crippen LogP contribution in [0.15, 0.2) is 85.2 Å². The first-order chi connectivity index (χ1) is 22.6. The summed E-state index contributed by atoms with van der Waals surface area (Å²) in [7, 11) is 0. The van der Waals surface area contributed by atoms with Gasteiger partial charge in [-0.25, -0.2) is 4.79 Å². The number of carboxylic acid groups (broad SMARTS) is 1. The molecule has 0 saturated carbocycles. The van der Waals surface area contributed by atoms with Crippen LogP contribution in [0.5, 0.6) is 5.75 Å². The Morgan fingerprint density at radius 3 is 1.62 bits per heavy atom. The lowest BCUT2D eigenvalue weighted by Gasteiger charge is -2.25. The third kappa shape index (κ3) is 7.95. The highest BCUT2D eigenvalue weighted by molar-refractivity contribution is 5.95. The first-order valence-electron chi connectivity index (χ1n) is 15.0. The van der Waals surface area contributed by atoms with E-state index in [0.717, 1.165) is 27.4 Å². The molecule has 10 N–H and O–H groups in total. The molecule has 13 heteroatoms. The highest BCUT2D eigenvalue weighted by Gasteiger charge is 2.31. The van der Waals surface area contributed by atoms with Gasteiger partial charge in [0.2, 0.25) is 17.7 Å². The van der Waals surface area contributed by atoms with Crippen LogP contribution in [-0.2, 0) is 38.4 Å². The molecule has 3 amide bonds. The summed E-state index contributed by atoms with van der Waals surface area (Å²) in [5, 5.41) is 37.9. The fourth-order valence-corrected chi connectivity index (χ4v) is 5.45. The van der Waals surface area contributed by atoms with Gasteiger partial charge < -0.3 is 47.0 Å². The molecule has 47 heavy (non-hydrogen) atoms. The Morgan fingerprint density at radius 2 is 1.13 bits per heavy atom. The molecular weight excluding hydrogens is 604 g/mol. The van der Waals surface area contributed by atoms with Gasteiger partial charge in [0, 0.05) is 47.0 Å². The first kappa shape index (κ1) is 32.7. The normalized spacial score (nSPS) is 13.8. The molecule has 5 rings (SSSR count). The Labute approximate surface area is 269 Å². The number of aromatic hydroxyl groups is 1. The van der Waals surface area contributed by atoms with Crippen molar-refractivity contribution in [2.45, 2.75) is 43.4 Å². The Morgan fingerprint density at radius 1 is 0.660 bits per heavy atom. The molecular formula is C34H36N6O7. The van der Waals surface area contributed by atoms with E-state index in [0.29, 0.717) is 11.1 Å². The highest BCUT2D eigenvalue weighted by atomic mass is 16.4. The molecule has 4 unspecified atom stereocenters. The predicted molar refractivity (Wildman–Crippen MR) is 174 cm³/mol. The van der Waals surface area contributed by atoms with Crippen LogP contribution in [0, 0.1) is 0 Å². The SMILES string of the molecule is NC(Cc1ccc(O)cc1)C(=O)NC(Cc1c[nH]c2ccccc12)C(=O)NC(Cc1c[nH]c2ccccc12)C(=O)NC(CO)C(=O)O. The molecule has 244 valence electrons. The van der Waals surface area contributed by atoms with Crippen molar-refractivity contribution in [3.8, 4) is 5.75 Å². The number of nitrogens with two attached hydrogens (primary N) is 1. The van der Waals surface area contributed by atoms with E-state index in [1.165, 1.54) is 12.1 Å². The number of H-pyrrole nitrogens is 2. The zero-order chi connectivity index (χ0) is 33.5. The summed E-state index contributed by atoms with van der Waals surface area (Å²) in [5.41, 5.74) is 9.99. The van der Waals surface area contributed by atoms with Gasteiger partial charge in [-0.2, -0.15) is 0 Å². The number of benzene rings is 3. The smallest absolute Gasteiger partial charge is 0.328 e. The minimum Gasteiger partial charge on any atom is -0.508 e. The van der Waals surface area contributed by atoms with E-state index in [-0.39, 0.29) is 25.0 Å². The van der Waals surface area contributed by atoms with E-state index in [2.05, 4.69) is 25.9 Å². The Balaban J connectivity index is 1.41. The fraction of sp³-hybridized carbons (Fsp3) is 0.235. The van der Waals surface area contributed by atoms with Crippen LogP contribution >= 0.6 is 0 Å². The standard InChI is InChI=1S/C34H36N6O7/c35-25(13-19-9-11-22(42)12-10-19)31(43)38-28(14-20-16-36-26-7-3-1-5-23(20)26)32(44)39-29(33(45)40-30(18-41)34(46)47)15-21-17-37-27-8-4-2-6-24(21)27/h1-12,16-17,25,28-30,36-37,41-42H,13-15,18,35H2,(H,38,43)(H,39,44)(H,40,45)(H,46,47). The number of nitrogens with one attached hydrogen (secondary N) is 5. The zero-order valence-electron chi connectivity index (χ0n) is 25.3. The van der Waals surface area contributed by atoms with Gasteiger partial charge in [-0.3, -0.25) is 14.4 Å². The maximum atomic E-state index is 14.0. The average molecular weight is 641 g/mol. The van der Waals surface area contributed by atoms with Crippen LogP contribution in [0.3, 0.4) is 0 Å². The zero-order valence-corrected chi connectivity index (χ0v) is 25.3. The number of rotatable bonds is 14. The largest absolute Gasteiger partial charge is 0.508 e. The van der Waals surface area contributed by atoms with Crippen molar-refractivity contribution >= 4 is 45.5 Å². The topological polar surface area (TPSA) is 223 Å². The van der Waals surface area contributed by atoms with Gasteiger partial charge in [-0.15, -0.1) is 0 Å². The third-order valence-corrected chi connectivity index (χ3v) is 7.99. The molecule has 4 atom stereocenters. The fourth-order valence-electron chi connectivity index (χ4n) is 5.45. The minimum atomic E-state index is -1.59. The molecule has 2 heterocycles. The minimum absolute atomic E-state index is 0.0204. The quantitative estimate of drug-likeness (QED) is 0.0857. The van der Waals surface area contributed by atoms with Crippen molar-refractivity contribution in [2.24, 2.45) is 5.73 Å². The van der Waals surface area contributed by atoms with Crippen LogP contribution in [-0.4, -0.2) is 79.8 Å². The van der Waals surface area contributed by atoms with Crippen LogP contribution < -0.4 is 21.7 Å². The number of aliphatic hydroxyl groups is 1. The van der Waals surface area contributed by atoms with Gasteiger partial charge in [0.1, 0.15) is 23.9 Å². The molecule has 0 radical (unpaired) electrons. The van der Waals surface area contributed by atoms with Crippen molar-refractivity contribution in [1.82, 2.24) is 25.9 Å². The maximum Gasteiger partial charge on any atom is 0.328 e. The molecule has 2 aromatic heterocycles. The van der Waals surface area contributed by atoms with Crippen LogP contribution in [0.25, 0.3) is 21.8 Å². The Kier molecular flexibility index (Phi) is 10.2. The molecule has 0 fully saturated rings. The highest BCUT2D eigenvalue weighted by Crippen LogP contribution is 2.21. The summed E-state index contributed by atoms with van der Waals surface area (Å²) in [5.74, 6) is -3.50. The van der Waals surface area contributed by atoms with Crippen LogP contribution in [0.1, 0.15) is 16.7 Å². The van der Waals surface area contributed by atoms with Gasteiger partial charge in [-0.05, 0) is 47.4 Å². The van der Waals surface area contributed by atoms with Crippen molar-refractivity contribution < 1.29 is 34.5 Å². The summed E-state index contributed by atoms with van der Waals surface area (Å²) >= 11 is 0. The van der Waals surface area contributed by atoms with Crippen molar-refractivity contribution in [3.05, 3.63) is 102 Å². The number of aliphatic carboxylic acids is 1. The number of aromatic nitrogens is 2. The summed E-state index contributed by atoms with van der Waals surface area (Å²) in [4.78, 5) is 58.7. The van der Waals surface area contributed by atoms with E-state index in [1.54, 1.807) is 24.5 Å². The van der Waals surface area contributed by atoms with E-state index in [9.17, 15) is 34.5 Å². The second kappa shape index (κ2) is 14.6. The number of aliphatic hydroxyl groups excluding tert-OH is 1. The van der Waals surface area contributed by atoms with Crippen molar-refractivity contribution in [2.75, 3.05) is 6.61 Å². The van der Waals surface area contributed by atoms with Gasteiger partial charge in [-0.1, -0.05) is 48.5 Å². The Bertz CT molecular complexity index is 1880. The molecule has 0 aliphatic rings. The summed E-state index contributed by atoms with van der Waals surface area (Å²) < 4.78 is 0. The molecule has 0 aliphatic carbocycles. The lowest BCUT2D eigenvalue weighted by atomic mass is 10.0. The molecule has 0 saturated heterocycles. The number of hydrogen-bond acceptors (Lipinski definition) is 7. The van der Waals surface area contributed by atoms with Crippen LogP contribution in [0.2, 0.25) is 0 Å². The first-order valence-corrected chi connectivity index (χ1v) is 15.0. The van der Waals surface area contributed by atoms with E-state index in [4.69, 9.17) is 5.73 Å². The summed E-state index contributed by atoms with van der Waals surface area (Å²) in [6.07, 6.45) is 3.60. The average Bonchev–Trinajstić information content (AvgIpc) is 3.67. The number of fused-ring (bicyclic) bond motifs is 2. The number of para-hydroxylation sites is 2. The lowest BCUT2D eigenvalue weighted by molar-refractivity contribution is -0.143. The molecule has 0 bridgehead atoms. The molecule has 0 aliphatic heterocycles. The molecule has 13 nitrogen and oxygen atoms in total. The number of carbonyl (C=O) groups is 4. The molecule has 3 aromatic carbocycles. The van der Waals surface area contributed by atoms with Crippen LogP contribution in [0.4, 0.5) is 0 Å². The Hall–Kier alpha value is -5.66. The number of phenols is 1. The number of hydrogen-bond donors (Lipinski definition) is 9. The number of amides is 3. The third-order valence-electron chi connectivity index (χ3n) is 7.99. The maximum absolute atomic E-state index is 14.0. The monoisotopic (exact) mass is 640 g/mol. The number of carbonyl (C=O) groups excluding carboxylic acids is 3. The van der Waals surface area contributed by atoms with Gasteiger partial charge in [0.25, 0.3) is 0 Å². The second-order valence-corrected chi connectivity index (χ2v) is 11.3.